The minimum atomic E-state index is -4.43. The Bertz CT molecular complexity index is 849. The van der Waals surface area contributed by atoms with E-state index in [1.165, 1.54) is 40.1 Å². The Morgan fingerprint density at radius 2 is 1.92 bits per heavy atom. The Labute approximate surface area is 155 Å². The predicted molar refractivity (Wildman–Crippen MR) is 93.8 cm³/mol. The van der Waals surface area contributed by atoms with Gasteiger partial charge in [0.15, 0.2) is 0 Å². The third kappa shape index (κ3) is 3.56. The SMILES string of the molecule is Cc1nc(C(=O)N2CSC[C@H]2C(N)=O)c(-c2ccc(C(F)(F)F)cc2)s1. The van der Waals surface area contributed by atoms with Crippen molar-refractivity contribution in [2.24, 2.45) is 5.73 Å². The van der Waals surface area contributed by atoms with Crippen LogP contribution in [0, 0.1) is 6.92 Å². The van der Waals surface area contributed by atoms with Gasteiger partial charge in [-0.2, -0.15) is 13.2 Å². The van der Waals surface area contributed by atoms with Gasteiger partial charge in [-0.05, 0) is 24.6 Å². The van der Waals surface area contributed by atoms with E-state index in [2.05, 4.69) is 4.98 Å². The smallest absolute Gasteiger partial charge is 0.368 e. The molecule has 1 saturated heterocycles. The van der Waals surface area contributed by atoms with Crippen LogP contribution in [-0.4, -0.2) is 39.4 Å². The van der Waals surface area contributed by atoms with Crippen molar-refractivity contribution in [3.63, 3.8) is 0 Å². The van der Waals surface area contributed by atoms with Crippen molar-refractivity contribution < 1.29 is 22.8 Å². The van der Waals surface area contributed by atoms with Gasteiger partial charge in [-0.15, -0.1) is 23.1 Å². The number of rotatable bonds is 3. The Morgan fingerprint density at radius 3 is 2.50 bits per heavy atom. The predicted octanol–water partition coefficient (Wildman–Crippen LogP) is 3.14. The van der Waals surface area contributed by atoms with E-state index in [0.29, 0.717) is 27.1 Å². The third-order valence-corrected chi connectivity index (χ3v) is 5.91. The topological polar surface area (TPSA) is 76.3 Å². The first kappa shape index (κ1) is 18.7. The molecule has 1 aliphatic rings. The van der Waals surface area contributed by atoms with E-state index in [4.69, 9.17) is 5.73 Å². The highest BCUT2D eigenvalue weighted by molar-refractivity contribution is 7.99. The molecule has 1 atom stereocenters. The number of hydrogen-bond acceptors (Lipinski definition) is 5. The van der Waals surface area contributed by atoms with Gasteiger partial charge in [-0.3, -0.25) is 9.59 Å². The molecule has 26 heavy (non-hydrogen) atoms. The highest BCUT2D eigenvalue weighted by atomic mass is 32.2. The molecule has 5 nitrogen and oxygen atoms in total. The number of nitrogens with zero attached hydrogens (tertiary/aromatic N) is 2. The van der Waals surface area contributed by atoms with Crippen LogP contribution in [0.2, 0.25) is 0 Å². The van der Waals surface area contributed by atoms with E-state index in [1.54, 1.807) is 6.92 Å². The summed E-state index contributed by atoms with van der Waals surface area (Å²) in [5.41, 5.74) is 5.17. The molecule has 0 saturated carbocycles. The fraction of sp³-hybridized carbons (Fsp3) is 0.312. The summed E-state index contributed by atoms with van der Waals surface area (Å²) < 4.78 is 38.2. The first-order valence-electron chi connectivity index (χ1n) is 7.51. The Kier molecular flexibility index (Phi) is 4.98. The van der Waals surface area contributed by atoms with Crippen molar-refractivity contribution >= 4 is 34.9 Å². The van der Waals surface area contributed by atoms with Crippen molar-refractivity contribution in [2.45, 2.75) is 19.1 Å². The second-order valence-electron chi connectivity index (χ2n) is 5.68. The van der Waals surface area contributed by atoms with Crippen molar-refractivity contribution in [1.29, 1.82) is 0 Å². The van der Waals surface area contributed by atoms with Crippen LogP contribution >= 0.6 is 23.1 Å². The van der Waals surface area contributed by atoms with Crippen molar-refractivity contribution in [1.82, 2.24) is 9.88 Å². The van der Waals surface area contributed by atoms with Crippen LogP contribution in [0.15, 0.2) is 24.3 Å². The van der Waals surface area contributed by atoms with Crippen molar-refractivity contribution in [3.05, 3.63) is 40.5 Å². The molecule has 0 spiro atoms. The van der Waals surface area contributed by atoms with Crippen molar-refractivity contribution in [2.75, 3.05) is 11.6 Å². The number of carbonyl (C=O) groups excluding carboxylic acids is 2. The number of amides is 2. The molecule has 1 aliphatic heterocycles. The monoisotopic (exact) mass is 401 g/mol. The maximum atomic E-state index is 12.9. The van der Waals surface area contributed by atoms with Crippen LogP contribution < -0.4 is 5.73 Å². The highest BCUT2D eigenvalue weighted by Crippen LogP contribution is 2.35. The van der Waals surface area contributed by atoms with Crippen LogP contribution in [0.3, 0.4) is 0 Å². The number of thioether (sulfide) groups is 1. The third-order valence-electron chi connectivity index (χ3n) is 3.88. The zero-order valence-corrected chi connectivity index (χ0v) is 15.2. The fourth-order valence-corrected chi connectivity index (χ4v) is 4.68. The van der Waals surface area contributed by atoms with Crippen LogP contribution in [0.5, 0.6) is 0 Å². The summed E-state index contributed by atoms with van der Waals surface area (Å²) in [7, 11) is 0. The average molecular weight is 401 g/mol. The lowest BCUT2D eigenvalue weighted by Gasteiger charge is -2.20. The van der Waals surface area contributed by atoms with Gasteiger partial charge < -0.3 is 10.6 Å². The van der Waals surface area contributed by atoms with Gasteiger partial charge in [-0.1, -0.05) is 12.1 Å². The largest absolute Gasteiger partial charge is 0.416 e. The fourth-order valence-electron chi connectivity index (χ4n) is 2.59. The van der Waals surface area contributed by atoms with Gasteiger partial charge in [0.2, 0.25) is 5.91 Å². The van der Waals surface area contributed by atoms with Crippen LogP contribution in [0.25, 0.3) is 10.4 Å². The Balaban J connectivity index is 1.96. The van der Waals surface area contributed by atoms with E-state index in [1.807, 2.05) is 0 Å². The Morgan fingerprint density at radius 1 is 1.27 bits per heavy atom. The molecule has 3 rings (SSSR count). The lowest BCUT2D eigenvalue weighted by Crippen LogP contribution is -2.45. The summed E-state index contributed by atoms with van der Waals surface area (Å²) in [6.45, 7) is 1.71. The molecule has 2 amide bonds. The van der Waals surface area contributed by atoms with E-state index < -0.39 is 29.6 Å². The zero-order chi connectivity index (χ0) is 19.1. The number of benzene rings is 1. The molecule has 1 aromatic carbocycles. The maximum Gasteiger partial charge on any atom is 0.416 e. The number of carbonyl (C=O) groups is 2. The molecular weight excluding hydrogens is 387 g/mol. The summed E-state index contributed by atoms with van der Waals surface area (Å²) in [6.07, 6.45) is -4.43. The molecule has 0 unspecified atom stereocenters. The van der Waals surface area contributed by atoms with Gasteiger partial charge >= 0.3 is 6.18 Å². The number of halogens is 3. The first-order chi connectivity index (χ1) is 12.2. The number of alkyl halides is 3. The molecule has 0 bridgehead atoms. The molecule has 2 aromatic rings. The van der Waals surface area contributed by atoms with Crippen molar-refractivity contribution in [3.8, 4) is 10.4 Å². The second-order valence-corrected chi connectivity index (χ2v) is 7.88. The average Bonchev–Trinajstić information content (AvgIpc) is 3.20. The number of aryl methyl sites for hydroxylation is 1. The van der Waals surface area contributed by atoms with E-state index in [0.717, 1.165) is 12.1 Å². The molecule has 1 fully saturated rings. The van der Waals surface area contributed by atoms with E-state index in [-0.39, 0.29) is 5.69 Å². The molecule has 138 valence electrons. The molecule has 2 N–H and O–H groups in total. The summed E-state index contributed by atoms with van der Waals surface area (Å²) in [6, 6.07) is 3.86. The maximum absolute atomic E-state index is 12.9. The molecule has 10 heteroatoms. The van der Waals surface area contributed by atoms with Gasteiger partial charge in [0.05, 0.1) is 21.3 Å². The zero-order valence-electron chi connectivity index (χ0n) is 13.5. The van der Waals surface area contributed by atoms with Gasteiger partial charge in [0.25, 0.3) is 5.91 Å². The van der Waals surface area contributed by atoms with E-state index >= 15 is 0 Å². The number of aromatic nitrogens is 1. The minimum Gasteiger partial charge on any atom is -0.368 e. The number of hydrogen-bond donors (Lipinski definition) is 1. The second kappa shape index (κ2) is 6.92. The number of primary amides is 1. The van der Waals surface area contributed by atoms with Crippen LogP contribution in [0.4, 0.5) is 13.2 Å². The normalized spacial score (nSPS) is 17.5. The summed E-state index contributed by atoms with van der Waals surface area (Å²) in [5, 5.41) is 0.603. The summed E-state index contributed by atoms with van der Waals surface area (Å²) in [4.78, 5) is 30.5. The Hall–Kier alpha value is -2.07. The lowest BCUT2D eigenvalue weighted by atomic mass is 10.1. The van der Waals surface area contributed by atoms with Gasteiger partial charge in [0, 0.05) is 5.75 Å². The highest BCUT2D eigenvalue weighted by Gasteiger charge is 2.36. The quantitative estimate of drug-likeness (QED) is 0.857. The molecule has 1 aromatic heterocycles. The molecule has 0 aliphatic carbocycles. The molecular formula is C16H14F3N3O2S2. The molecule has 2 heterocycles. The summed E-state index contributed by atoms with van der Waals surface area (Å²) in [5.74, 6) is -0.306. The van der Waals surface area contributed by atoms with Gasteiger partial charge in [-0.25, -0.2) is 4.98 Å². The standard InChI is InChI=1S/C16H14F3N3O2S2/c1-8-21-12(15(24)22-7-25-6-11(22)14(20)23)13(26-8)9-2-4-10(5-3-9)16(17,18)19/h2-5,11H,6-7H2,1H3,(H2,20,23)/t11-/m0/s1. The number of nitrogens with two attached hydrogens (primary N) is 1. The van der Waals surface area contributed by atoms with E-state index in [9.17, 15) is 22.8 Å². The lowest BCUT2D eigenvalue weighted by molar-refractivity contribution is -0.137. The van der Waals surface area contributed by atoms with Gasteiger partial charge in [0.1, 0.15) is 11.7 Å². The van der Waals surface area contributed by atoms with Crippen LogP contribution in [-0.2, 0) is 11.0 Å². The minimum absolute atomic E-state index is 0.126. The number of thiazole rings is 1. The van der Waals surface area contributed by atoms with Crippen LogP contribution in [0.1, 0.15) is 21.1 Å². The molecule has 0 radical (unpaired) electrons. The first-order valence-corrected chi connectivity index (χ1v) is 9.48. The summed E-state index contributed by atoms with van der Waals surface area (Å²) >= 11 is 2.62.